The first-order valence-corrected chi connectivity index (χ1v) is 14.4. The number of hydrogen-bond acceptors (Lipinski definition) is 7. The van der Waals surface area contributed by atoms with Gasteiger partial charge in [-0.2, -0.15) is 13.2 Å². The second-order valence-corrected chi connectivity index (χ2v) is 13.5. The van der Waals surface area contributed by atoms with E-state index in [1.54, 1.807) is 55.4 Å². The summed E-state index contributed by atoms with van der Waals surface area (Å²) in [5, 5.41) is 0.641. The maximum absolute atomic E-state index is 14.1. The van der Waals surface area contributed by atoms with Gasteiger partial charge in [0, 0.05) is 0 Å². The van der Waals surface area contributed by atoms with Gasteiger partial charge in [0.25, 0.3) is 0 Å². The molecule has 0 heterocycles. The molecule has 13 heteroatoms. The van der Waals surface area contributed by atoms with Crippen LogP contribution in [0.5, 0.6) is 0 Å². The zero-order valence-electron chi connectivity index (χ0n) is 20.6. The van der Waals surface area contributed by atoms with Crippen molar-refractivity contribution in [1.82, 2.24) is 0 Å². The number of anilines is 1. The molecular weight excluding hydrogens is 513 g/mol. The van der Waals surface area contributed by atoms with Crippen LogP contribution in [0.1, 0.15) is 61.0 Å². The molecule has 0 unspecified atom stereocenters. The van der Waals surface area contributed by atoms with Gasteiger partial charge >= 0.3 is 21.4 Å². The van der Waals surface area contributed by atoms with E-state index in [2.05, 4.69) is 5.32 Å². The van der Waals surface area contributed by atoms with E-state index in [9.17, 15) is 22.3 Å². The molecule has 196 valence electrons. The molecule has 0 bridgehead atoms. The highest BCUT2D eigenvalue weighted by atomic mass is 32.1. The van der Waals surface area contributed by atoms with Gasteiger partial charge in [-0.15, -0.1) is 0 Å². The van der Waals surface area contributed by atoms with Crippen LogP contribution in [0.3, 0.4) is 0 Å². The Kier molecular flexibility index (Phi) is 11.4. The summed E-state index contributed by atoms with van der Waals surface area (Å²) in [5.74, 6) is 0. The number of halogens is 3. The fraction of sp³-hybridized carbons (Fsp3) is 0.667. The first kappa shape index (κ1) is 31.2. The molecule has 0 aliphatic heterocycles. The molecule has 0 saturated heterocycles. The Morgan fingerprint density at radius 1 is 0.794 bits per heavy atom. The molecule has 0 fully saturated rings. The van der Waals surface area contributed by atoms with Crippen LogP contribution in [0.4, 0.5) is 18.9 Å². The van der Waals surface area contributed by atoms with Crippen molar-refractivity contribution in [3.05, 3.63) is 29.8 Å². The van der Waals surface area contributed by atoms with E-state index < -0.39 is 67.4 Å². The highest BCUT2D eigenvalue weighted by Crippen LogP contribution is 2.72. The molecule has 0 saturated carbocycles. The van der Waals surface area contributed by atoms with Gasteiger partial charge < -0.3 is 23.4 Å². The lowest BCUT2D eigenvalue weighted by molar-refractivity contribution is -0.136. The highest BCUT2D eigenvalue weighted by Gasteiger charge is 2.56. The second kappa shape index (κ2) is 12.4. The van der Waals surface area contributed by atoms with Gasteiger partial charge in [0.05, 0.1) is 35.7 Å². The first-order valence-electron chi connectivity index (χ1n) is 10.8. The summed E-state index contributed by atoms with van der Waals surface area (Å²) in [5.41, 5.74) is -1.42. The van der Waals surface area contributed by atoms with Gasteiger partial charge in [-0.3, -0.25) is 9.13 Å². The van der Waals surface area contributed by atoms with E-state index in [4.69, 9.17) is 30.3 Å². The first-order chi connectivity index (χ1) is 15.4. The third-order valence-corrected chi connectivity index (χ3v) is 10.7. The van der Waals surface area contributed by atoms with Gasteiger partial charge in [-0.05, 0) is 67.5 Å². The minimum absolute atomic E-state index is 0.411. The summed E-state index contributed by atoms with van der Waals surface area (Å²) in [7, 11) is -8.85. The summed E-state index contributed by atoms with van der Waals surface area (Å²) in [6, 6.07) is 4.61. The Labute approximate surface area is 205 Å². The number of alkyl halides is 3. The zero-order chi connectivity index (χ0) is 26.5. The zero-order valence-corrected chi connectivity index (χ0v) is 23.2. The van der Waals surface area contributed by atoms with Gasteiger partial charge in [0.15, 0.2) is 0 Å². The smallest absolute Gasteiger partial charge is 0.348 e. The van der Waals surface area contributed by atoms with E-state index in [0.717, 1.165) is 12.1 Å². The van der Waals surface area contributed by atoms with Crippen LogP contribution >= 0.6 is 27.4 Å². The fourth-order valence-electron chi connectivity index (χ4n) is 2.95. The van der Waals surface area contributed by atoms with E-state index in [-0.39, 0.29) is 0 Å². The average Bonchev–Trinajstić information content (AvgIpc) is 2.57. The van der Waals surface area contributed by atoms with Crippen LogP contribution in [0.2, 0.25) is 0 Å². The molecule has 0 aromatic heterocycles. The van der Waals surface area contributed by atoms with Crippen LogP contribution in [0.15, 0.2) is 24.3 Å². The normalized spacial score (nSPS) is 13.5. The molecule has 1 rings (SSSR count). The molecule has 0 aliphatic carbocycles. The highest BCUT2D eigenvalue weighted by molar-refractivity contribution is 7.85. The molecule has 0 radical (unpaired) electrons. The summed E-state index contributed by atoms with van der Waals surface area (Å²) in [4.78, 5) is -0.481. The topological polar surface area (TPSA) is 83.1 Å². The van der Waals surface area contributed by atoms with Crippen molar-refractivity contribution in [3.63, 3.8) is 0 Å². The summed E-state index contributed by atoms with van der Waals surface area (Å²) >= 11 is 5.40. The molecule has 34 heavy (non-hydrogen) atoms. The molecule has 0 spiro atoms. The van der Waals surface area contributed by atoms with E-state index in [1.165, 1.54) is 12.1 Å². The lowest BCUT2D eigenvalue weighted by Gasteiger charge is -2.35. The summed E-state index contributed by atoms with van der Waals surface area (Å²) in [6.45, 7) is 12.7. The van der Waals surface area contributed by atoms with Crippen molar-refractivity contribution in [2.24, 2.45) is 0 Å². The largest absolute Gasteiger partial charge is 0.418 e. The Morgan fingerprint density at radius 3 is 1.47 bits per heavy atom. The van der Waals surface area contributed by atoms with Gasteiger partial charge in [-0.1, -0.05) is 24.4 Å². The number of benzene rings is 1. The van der Waals surface area contributed by atoms with Crippen LogP contribution in [-0.2, 0) is 33.4 Å². The van der Waals surface area contributed by atoms with Crippen LogP contribution < -0.4 is 5.32 Å². The number of nitrogens with one attached hydrogen (secondary N) is 1. The minimum atomic E-state index is -4.70. The van der Waals surface area contributed by atoms with Gasteiger partial charge in [0.2, 0.25) is 5.40 Å². The van der Waals surface area contributed by atoms with Gasteiger partial charge in [-0.25, -0.2) is 0 Å². The lowest BCUT2D eigenvalue weighted by Crippen LogP contribution is -2.33. The summed E-state index contributed by atoms with van der Waals surface area (Å²) < 4.78 is 91.5. The van der Waals surface area contributed by atoms with Crippen molar-refractivity contribution in [1.29, 1.82) is 0 Å². The van der Waals surface area contributed by atoms with Crippen LogP contribution in [0.25, 0.3) is 0 Å². The van der Waals surface area contributed by atoms with Crippen molar-refractivity contribution < 1.29 is 40.4 Å². The van der Waals surface area contributed by atoms with Crippen molar-refractivity contribution in [2.45, 2.75) is 91.4 Å². The maximum atomic E-state index is 14.1. The van der Waals surface area contributed by atoms with Crippen LogP contribution in [0, 0.1) is 0 Å². The van der Waals surface area contributed by atoms with Crippen LogP contribution in [-0.4, -0.2) is 34.8 Å². The molecule has 0 atom stereocenters. The number of hydrogen-bond donors (Lipinski definition) is 1. The molecule has 0 amide bonds. The average molecular weight is 548 g/mol. The second-order valence-electron chi connectivity index (χ2n) is 8.60. The van der Waals surface area contributed by atoms with E-state index in [1.807, 2.05) is 0 Å². The minimum Gasteiger partial charge on any atom is -0.348 e. The Bertz CT molecular complexity index is 858. The number of para-hydroxylation sites is 1. The maximum Gasteiger partial charge on any atom is 0.418 e. The van der Waals surface area contributed by atoms with Gasteiger partial charge in [0.1, 0.15) is 4.99 Å². The summed E-state index contributed by atoms with van der Waals surface area (Å²) in [6.07, 6.45) is -7.35. The lowest BCUT2D eigenvalue weighted by atomic mass is 10.1. The molecule has 1 N–H and O–H groups in total. The van der Waals surface area contributed by atoms with Crippen molar-refractivity contribution in [3.8, 4) is 0 Å². The Morgan fingerprint density at radius 2 is 1.15 bits per heavy atom. The third kappa shape index (κ3) is 9.01. The Balaban J connectivity index is 3.75. The quantitative estimate of drug-likeness (QED) is 0.209. The predicted molar refractivity (Wildman–Crippen MR) is 132 cm³/mol. The molecule has 0 aliphatic rings. The monoisotopic (exact) mass is 547 g/mol. The SMILES string of the molecule is CC(C)OP(=O)(OC(C)C)C(C(=S)Nc1ccccc1C(F)(F)F)P(=O)(OC(C)C)OC(C)C. The molecule has 7 nitrogen and oxygen atoms in total. The molecule has 1 aromatic carbocycles. The molecular formula is C21H34F3NO6P2S. The Hall–Kier alpha value is -0.800. The van der Waals surface area contributed by atoms with Crippen molar-refractivity contribution in [2.75, 3.05) is 5.32 Å². The van der Waals surface area contributed by atoms with Crippen molar-refractivity contribution >= 4 is 38.1 Å². The van der Waals surface area contributed by atoms with E-state index in [0.29, 0.717) is 0 Å². The third-order valence-electron chi connectivity index (χ3n) is 3.75. The predicted octanol–water partition coefficient (Wildman–Crippen LogP) is 7.86. The van der Waals surface area contributed by atoms with E-state index >= 15 is 0 Å². The standard InChI is InChI=1S/C21H34F3NO6P2S/c1-13(2)28-32(26,29-14(3)4)20(33(27,30-15(5)6)31-16(7)8)19(34)25-18-12-10-9-11-17(18)21(22,23)24/h9-16,20H,1-8H3,(H,25,34). The fourth-order valence-corrected chi connectivity index (χ4v) is 9.49. The number of rotatable bonds is 12. The number of thiocarbonyl (C=S) groups is 1. The molecule has 1 aromatic rings.